The maximum Gasteiger partial charge on any atom is 0.125 e. The minimum Gasteiger partial charge on any atom is -0.487 e. The van der Waals surface area contributed by atoms with E-state index < -0.39 is 0 Å². The topological polar surface area (TPSA) is 35.2 Å². The van der Waals surface area contributed by atoms with Gasteiger partial charge in [0.15, 0.2) is 0 Å². The highest BCUT2D eigenvalue weighted by atomic mass is 19.1. The number of fused-ring (bicyclic) bond motifs is 1. The molecule has 0 aromatic heterocycles. The Labute approximate surface area is 114 Å². The second kappa shape index (κ2) is 3.95. The van der Waals surface area contributed by atoms with Crippen molar-refractivity contribution < 1.29 is 9.13 Å². The first-order valence-electron chi connectivity index (χ1n) is 7.05. The second-order valence-electron chi connectivity index (χ2n) is 7.11. The average molecular weight is 263 g/mol. The minimum atomic E-state index is -0.242. The molecule has 3 heteroatoms. The smallest absolute Gasteiger partial charge is 0.125 e. The SMILES string of the molecule is CC1CC(C)(C)CC12C[C@H](N)c1cc(F)ccc1O2. The fourth-order valence-electron chi connectivity index (χ4n) is 4.13. The number of ether oxygens (including phenoxy) is 1. The van der Waals surface area contributed by atoms with Crippen LogP contribution in [-0.2, 0) is 0 Å². The van der Waals surface area contributed by atoms with Gasteiger partial charge in [0.2, 0.25) is 0 Å². The molecule has 104 valence electrons. The zero-order valence-corrected chi connectivity index (χ0v) is 11.9. The molecule has 2 unspecified atom stereocenters. The predicted octanol–water partition coefficient (Wildman–Crippen LogP) is 3.80. The van der Waals surface area contributed by atoms with Crippen molar-refractivity contribution in [1.82, 2.24) is 0 Å². The summed E-state index contributed by atoms with van der Waals surface area (Å²) in [4.78, 5) is 0. The first-order valence-corrected chi connectivity index (χ1v) is 7.05. The molecule has 19 heavy (non-hydrogen) atoms. The van der Waals surface area contributed by atoms with Crippen LogP contribution in [0.3, 0.4) is 0 Å². The molecule has 0 radical (unpaired) electrons. The van der Waals surface area contributed by atoms with Gasteiger partial charge in [-0.1, -0.05) is 20.8 Å². The van der Waals surface area contributed by atoms with E-state index in [0.717, 1.165) is 30.6 Å². The van der Waals surface area contributed by atoms with Crippen molar-refractivity contribution in [3.05, 3.63) is 29.6 Å². The fraction of sp³-hybridized carbons (Fsp3) is 0.625. The summed E-state index contributed by atoms with van der Waals surface area (Å²) in [5, 5.41) is 0. The molecule has 1 fully saturated rings. The van der Waals surface area contributed by atoms with Gasteiger partial charge in [0, 0.05) is 18.0 Å². The monoisotopic (exact) mass is 263 g/mol. The molecule has 1 aromatic rings. The zero-order chi connectivity index (χ0) is 13.8. The lowest BCUT2D eigenvalue weighted by atomic mass is 9.80. The van der Waals surface area contributed by atoms with E-state index in [-0.39, 0.29) is 22.9 Å². The normalized spacial score (nSPS) is 36.1. The van der Waals surface area contributed by atoms with E-state index >= 15 is 0 Å². The molecule has 3 atom stereocenters. The number of rotatable bonds is 0. The van der Waals surface area contributed by atoms with Crippen molar-refractivity contribution >= 4 is 0 Å². The number of nitrogens with two attached hydrogens (primary N) is 1. The van der Waals surface area contributed by atoms with Crippen molar-refractivity contribution in [2.24, 2.45) is 17.1 Å². The van der Waals surface area contributed by atoms with Crippen molar-refractivity contribution in [2.75, 3.05) is 0 Å². The average Bonchev–Trinajstić information content (AvgIpc) is 2.49. The van der Waals surface area contributed by atoms with E-state index in [1.165, 1.54) is 12.1 Å². The highest BCUT2D eigenvalue weighted by Gasteiger charge is 2.53. The molecule has 0 amide bonds. The molecule has 1 aromatic carbocycles. The van der Waals surface area contributed by atoms with Crippen LogP contribution in [0.15, 0.2) is 18.2 Å². The highest BCUT2D eigenvalue weighted by Crippen LogP contribution is 2.55. The third kappa shape index (κ3) is 2.04. The van der Waals surface area contributed by atoms with E-state index in [1.54, 1.807) is 6.07 Å². The van der Waals surface area contributed by atoms with Crippen molar-refractivity contribution in [1.29, 1.82) is 0 Å². The summed E-state index contributed by atoms with van der Waals surface area (Å²) in [6.45, 7) is 6.82. The summed E-state index contributed by atoms with van der Waals surface area (Å²) in [7, 11) is 0. The summed E-state index contributed by atoms with van der Waals surface area (Å²) >= 11 is 0. The van der Waals surface area contributed by atoms with Crippen molar-refractivity contribution in [3.63, 3.8) is 0 Å². The Hall–Kier alpha value is -1.09. The van der Waals surface area contributed by atoms with E-state index in [1.807, 2.05) is 0 Å². The summed E-state index contributed by atoms with van der Waals surface area (Å²) in [5.74, 6) is 1.00. The highest BCUT2D eigenvalue weighted by molar-refractivity contribution is 5.39. The van der Waals surface area contributed by atoms with Crippen LogP contribution >= 0.6 is 0 Å². The van der Waals surface area contributed by atoms with Crippen LogP contribution in [0.1, 0.15) is 51.6 Å². The molecule has 0 saturated heterocycles. The van der Waals surface area contributed by atoms with Gasteiger partial charge in [-0.25, -0.2) is 4.39 Å². The van der Waals surface area contributed by atoms with Gasteiger partial charge in [-0.3, -0.25) is 0 Å². The van der Waals surface area contributed by atoms with E-state index in [4.69, 9.17) is 10.5 Å². The Bertz CT molecular complexity index is 513. The summed E-state index contributed by atoms with van der Waals surface area (Å²) in [6.07, 6.45) is 2.95. The molecule has 1 aliphatic carbocycles. The fourth-order valence-corrected chi connectivity index (χ4v) is 4.13. The van der Waals surface area contributed by atoms with Crippen LogP contribution in [0.5, 0.6) is 5.75 Å². The molecule has 0 bridgehead atoms. The van der Waals surface area contributed by atoms with Crippen molar-refractivity contribution in [2.45, 2.75) is 51.7 Å². The van der Waals surface area contributed by atoms with Crippen molar-refractivity contribution in [3.8, 4) is 5.75 Å². The van der Waals surface area contributed by atoms with Gasteiger partial charge in [-0.2, -0.15) is 0 Å². The molecule has 3 rings (SSSR count). The van der Waals surface area contributed by atoms with Gasteiger partial charge in [0.05, 0.1) is 0 Å². The predicted molar refractivity (Wildman–Crippen MR) is 73.5 cm³/mol. The van der Waals surface area contributed by atoms with Gasteiger partial charge >= 0.3 is 0 Å². The van der Waals surface area contributed by atoms with Gasteiger partial charge < -0.3 is 10.5 Å². The van der Waals surface area contributed by atoms with Gasteiger partial charge in [0.1, 0.15) is 17.2 Å². The minimum absolute atomic E-state index is 0.129. The van der Waals surface area contributed by atoms with Gasteiger partial charge in [0.25, 0.3) is 0 Å². The third-order valence-electron chi connectivity index (χ3n) is 4.78. The molecule has 2 nitrogen and oxygen atoms in total. The quantitative estimate of drug-likeness (QED) is 0.772. The zero-order valence-electron chi connectivity index (χ0n) is 11.9. The first-order chi connectivity index (χ1) is 8.81. The Kier molecular flexibility index (Phi) is 2.69. The molecule has 2 aliphatic rings. The maximum atomic E-state index is 13.3. The first kappa shape index (κ1) is 12.9. The Morgan fingerprint density at radius 2 is 2.05 bits per heavy atom. The van der Waals surface area contributed by atoms with Gasteiger partial charge in [-0.15, -0.1) is 0 Å². The van der Waals surface area contributed by atoms with E-state index in [9.17, 15) is 4.39 Å². The maximum absolute atomic E-state index is 13.3. The molecule has 2 N–H and O–H groups in total. The number of benzene rings is 1. The lowest BCUT2D eigenvalue weighted by Gasteiger charge is -2.42. The summed E-state index contributed by atoms with van der Waals surface area (Å²) < 4.78 is 19.6. The van der Waals surface area contributed by atoms with Crippen LogP contribution in [0.2, 0.25) is 0 Å². The largest absolute Gasteiger partial charge is 0.487 e. The molecule has 1 heterocycles. The van der Waals surface area contributed by atoms with Crippen LogP contribution in [0, 0.1) is 17.2 Å². The number of halogens is 1. The molecule has 1 saturated carbocycles. The standard InChI is InChI=1S/C16H22FNO/c1-10-7-15(2,3)9-16(10)8-13(18)12-6-11(17)4-5-14(12)19-16/h4-6,10,13H,7-9,18H2,1-3H3/t10?,13-,16?/m0/s1. The summed E-state index contributed by atoms with van der Waals surface area (Å²) in [5.41, 5.74) is 7.20. The van der Waals surface area contributed by atoms with Crippen LogP contribution < -0.4 is 10.5 Å². The second-order valence-corrected chi connectivity index (χ2v) is 7.11. The molecule has 1 spiro atoms. The van der Waals surface area contributed by atoms with Crippen LogP contribution in [0.4, 0.5) is 4.39 Å². The van der Waals surface area contributed by atoms with Crippen LogP contribution in [-0.4, -0.2) is 5.60 Å². The third-order valence-corrected chi connectivity index (χ3v) is 4.78. The Morgan fingerprint density at radius 3 is 2.68 bits per heavy atom. The number of hydrogen-bond acceptors (Lipinski definition) is 2. The lowest BCUT2D eigenvalue weighted by molar-refractivity contribution is 0.00167. The molecular formula is C16H22FNO. The Balaban J connectivity index is 1.99. The molecular weight excluding hydrogens is 241 g/mol. The van der Waals surface area contributed by atoms with E-state index in [2.05, 4.69) is 20.8 Å². The summed E-state index contributed by atoms with van der Waals surface area (Å²) in [6, 6.07) is 4.56. The number of hydrogen-bond donors (Lipinski definition) is 1. The van der Waals surface area contributed by atoms with E-state index in [0.29, 0.717) is 5.92 Å². The van der Waals surface area contributed by atoms with Crippen LogP contribution in [0.25, 0.3) is 0 Å². The Morgan fingerprint density at radius 1 is 1.32 bits per heavy atom. The van der Waals surface area contributed by atoms with Gasteiger partial charge in [-0.05, 0) is 42.4 Å². The molecule has 1 aliphatic heterocycles. The lowest BCUT2D eigenvalue weighted by Crippen LogP contribution is -2.45.